The number of aryl methyl sites for hydroxylation is 1. The van der Waals surface area contributed by atoms with Gasteiger partial charge in [-0.15, -0.1) is 0 Å². The Kier molecular flexibility index (Phi) is 5.79. The van der Waals surface area contributed by atoms with Crippen LogP contribution in [0.1, 0.15) is 32.0 Å². The summed E-state index contributed by atoms with van der Waals surface area (Å²) in [5.41, 5.74) is 1.28. The molecule has 0 aliphatic carbocycles. The molecule has 0 bridgehead atoms. The van der Waals surface area contributed by atoms with Crippen LogP contribution >= 0.6 is 11.8 Å². The van der Waals surface area contributed by atoms with Crippen LogP contribution in [0.2, 0.25) is 0 Å². The van der Waals surface area contributed by atoms with Crippen molar-refractivity contribution < 1.29 is 0 Å². The van der Waals surface area contributed by atoms with E-state index in [1.165, 1.54) is 17.9 Å². The standard InChI is InChI=1S/C11H21N3S/c1-4-7-12-10(9-15-5-2)11-6-8-13-14(11)3/h6,8,10,12H,4-5,7,9H2,1-3H3. The molecule has 1 atom stereocenters. The molecule has 1 aromatic rings. The van der Waals surface area contributed by atoms with E-state index < -0.39 is 0 Å². The summed E-state index contributed by atoms with van der Waals surface area (Å²) in [6.45, 7) is 5.46. The van der Waals surface area contributed by atoms with E-state index >= 15 is 0 Å². The summed E-state index contributed by atoms with van der Waals surface area (Å²) >= 11 is 1.97. The molecular formula is C11H21N3S. The summed E-state index contributed by atoms with van der Waals surface area (Å²) in [6.07, 6.45) is 3.04. The Labute approximate surface area is 96.6 Å². The molecule has 0 aliphatic heterocycles. The molecule has 0 fully saturated rings. The van der Waals surface area contributed by atoms with Crippen LogP contribution in [0, 0.1) is 0 Å². The SMILES string of the molecule is CCCNC(CSCC)c1ccnn1C. The summed E-state index contributed by atoms with van der Waals surface area (Å²) in [5.74, 6) is 2.29. The first-order valence-corrected chi connectivity index (χ1v) is 6.74. The van der Waals surface area contributed by atoms with Gasteiger partial charge in [-0.3, -0.25) is 4.68 Å². The smallest absolute Gasteiger partial charge is 0.0583 e. The Morgan fingerprint density at radius 3 is 2.87 bits per heavy atom. The Balaban J connectivity index is 2.58. The van der Waals surface area contributed by atoms with Crippen molar-refractivity contribution in [2.24, 2.45) is 7.05 Å². The molecule has 1 N–H and O–H groups in total. The van der Waals surface area contributed by atoms with Crippen molar-refractivity contribution in [3.8, 4) is 0 Å². The van der Waals surface area contributed by atoms with Crippen molar-refractivity contribution in [3.63, 3.8) is 0 Å². The fourth-order valence-electron chi connectivity index (χ4n) is 1.53. The molecule has 0 aromatic carbocycles. The van der Waals surface area contributed by atoms with E-state index in [-0.39, 0.29) is 0 Å². The summed E-state index contributed by atoms with van der Waals surface area (Å²) in [5, 5.41) is 7.79. The zero-order valence-electron chi connectivity index (χ0n) is 9.86. The number of rotatable bonds is 7. The normalized spacial score (nSPS) is 13.0. The van der Waals surface area contributed by atoms with Gasteiger partial charge < -0.3 is 5.32 Å². The van der Waals surface area contributed by atoms with Crippen molar-refractivity contribution in [2.75, 3.05) is 18.1 Å². The predicted molar refractivity (Wildman–Crippen MR) is 67.2 cm³/mol. The first-order valence-electron chi connectivity index (χ1n) is 5.58. The fourth-order valence-corrected chi connectivity index (χ4v) is 2.29. The van der Waals surface area contributed by atoms with Gasteiger partial charge in [0.05, 0.1) is 11.7 Å². The van der Waals surface area contributed by atoms with Crippen LogP contribution in [-0.4, -0.2) is 27.8 Å². The van der Waals surface area contributed by atoms with Crippen molar-refractivity contribution in [2.45, 2.75) is 26.3 Å². The van der Waals surface area contributed by atoms with Gasteiger partial charge in [-0.1, -0.05) is 13.8 Å². The van der Waals surface area contributed by atoms with E-state index in [0.717, 1.165) is 12.3 Å². The number of hydrogen-bond donors (Lipinski definition) is 1. The van der Waals surface area contributed by atoms with Gasteiger partial charge >= 0.3 is 0 Å². The maximum absolute atomic E-state index is 4.22. The average Bonchev–Trinajstić information content (AvgIpc) is 2.65. The molecule has 0 radical (unpaired) electrons. The lowest BCUT2D eigenvalue weighted by molar-refractivity contribution is 0.535. The average molecular weight is 227 g/mol. The molecule has 1 heterocycles. The Bertz CT molecular complexity index is 265. The minimum Gasteiger partial charge on any atom is -0.308 e. The number of aromatic nitrogens is 2. The van der Waals surface area contributed by atoms with Crippen LogP contribution in [0.25, 0.3) is 0 Å². The van der Waals surface area contributed by atoms with Crippen molar-refractivity contribution in [3.05, 3.63) is 18.0 Å². The molecule has 1 aromatic heterocycles. The van der Waals surface area contributed by atoms with Gasteiger partial charge in [0.1, 0.15) is 0 Å². The third-order valence-electron chi connectivity index (χ3n) is 2.35. The molecule has 0 spiro atoms. The molecule has 1 rings (SSSR count). The number of thioether (sulfide) groups is 1. The first kappa shape index (κ1) is 12.6. The molecule has 0 saturated carbocycles. The van der Waals surface area contributed by atoms with Crippen LogP contribution in [0.15, 0.2) is 12.3 Å². The summed E-state index contributed by atoms with van der Waals surface area (Å²) in [7, 11) is 2.01. The van der Waals surface area contributed by atoms with E-state index in [1.54, 1.807) is 0 Å². The van der Waals surface area contributed by atoms with Crippen LogP contribution < -0.4 is 5.32 Å². The minimum atomic E-state index is 0.433. The van der Waals surface area contributed by atoms with Crippen LogP contribution in [-0.2, 0) is 7.05 Å². The van der Waals surface area contributed by atoms with Gasteiger partial charge in [0.25, 0.3) is 0 Å². The maximum Gasteiger partial charge on any atom is 0.0583 e. The van der Waals surface area contributed by atoms with Gasteiger partial charge in [0.15, 0.2) is 0 Å². The molecule has 0 amide bonds. The molecular weight excluding hydrogens is 206 g/mol. The Hall–Kier alpha value is -0.480. The van der Waals surface area contributed by atoms with E-state index in [1.807, 2.05) is 29.7 Å². The highest BCUT2D eigenvalue weighted by Gasteiger charge is 2.13. The van der Waals surface area contributed by atoms with E-state index in [4.69, 9.17) is 0 Å². The Morgan fingerprint density at radius 2 is 2.33 bits per heavy atom. The zero-order chi connectivity index (χ0) is 11.1. The van der Waals surface area contributed by atoms with E-state index in [2.05, 4.69) is 30.3 Å². The highest BCUT2D eigenvalue weighted by molar-refractivity contribution is 7.99. The molecule has 1 unspecified atom stereocenters. The van der Waals surface area contributed by atoms with Crippen molar-refractivity contribution in [1.82, 2.24) is 15.1 Å². The second-order valence-corrected chi connectivity index (χ2v) is 4.86. The molecule has 3 nitrogen and oxygen atoms in total. The van der Waals surface area contributed by atoms with Gasteiger partial charge in [0.2, 0.25) is 0 Å². The summed E-state index contributed by atoms with van der Waals surface area (Å²) in [6, 6.07) is 2.53. The van der Waals surface area contributed by atoms with Crippen LogP contribution in [0.3, 0.4) is 0 Å². The quantitative estimate of drug-likeness (QED) is 0.774. The molecule has 86 valence electrons. The second kappa shape index (κ2) is 6.90. The van der Waals surface area contributed by atoms with Gasteiger partial charge in [-0.05, 0) is 24.8 Å². The summed E-state index contributed by atoms with van der Waals surface area (Å²) in [4.78, 5) is 0. The van der Waals surface area contributed by atoms with E-state index in [0.29, 0.717) is 6.04 Å². The third-order valence-corrected chi connectivity index (χ3v) is 3.32. The monoisotopic (exact) mass is 227 g/mol. The van der Waals surface area contributed by atoms with Gasteiger partial charge in [-0.2, -0.15) is 16.9 Å². The topological polar surface area (TPSA) is 29.9 Å². The lowest BCUT2D eigenvalue weighted by atomic mass is 10.2. The number of nitrogens with one attached hydrogen (secondary N) is 1. The lowest BCUT2D eigenvalue weighted by Gasteiger charge is -2.18. The molecule has 4 heteroatoms. The fraction of sp³-hybridized carbons (Fsp3) is 0.727. The minimum absolute atomic E-state index is 0.433. The summed E-state index contributed by atoms with van der Waals surface area (Å²) < 4.78 is 1.96. The number of nitrogens with zero attached hydrogens (tertiary/aromatic N) is 2. The van der Waals surface area contributed by atoms with Crippen LogP contribution in [0.5, 0.6) is 0 Å². The highest BCUT2D eigenvalue weighted by Crippen LogP contribution is 2.17. The van der Waals surface area contributed by atoms with Gasteiger partial charge in [-0.25, -0.2) is 0 Å². The van der Waals surface area contributed by atoms with Crippen molar-refractivity contribution in [1.29, 1.82) is 0 Å². The second-order valence-electron chi connectivity index (χ2n) is 3.55. The lowest BCUT2D eigenvalue weighted by Crippen LogP contribution is -2.26. The molecule has 15 heavy (non-hydrogen) atoms. The Morgan fingerprint density at radius 1 is 1.53 bits per heavy atom. The largest absolute Gasteiger partial charge is 0.308 e. The highest BCUT2D eigenvalue weighted by atomic mass is 32.2. The van der Waals surface area contributed by atoms with Crippen molar-refractivity contribution >= 4 is 11.8 Å². The van der Waals surface area contributed by atoms with E-state index in [9.17, 15) is 0 Å². The predicted octanol–water partition coefficient (Wildman–Crippen LogP) is 2.21. The molecule has 0 saturated heterocycles. The maximum atomic E-state index is 4.22. The number of hydrogen-bond acceptors (Lipinski definition) is 3. The molecule has 0 aliphatic rings. The van der Waals surface area contributed by atoms with Gasteiger partial charge in [0, 0.05) is 19.0 Å². The first-order chi connectivity index (χ1) is 7.29. The third kappa shape index (κ3) is 3.87. The zero-order valence-corrected chi connectivity index (χ0v) is 10.7. The van der Waals surface area contributed by atoms with Crippen LogP contribution in [0.4, 0.5) is 0 Å².